The van der Waals surface area contributed by atoms with Gasteiger partial charge in [0.05, 0.1) is 24.4 Å². The van der Waals surface area contributed by atoms with Crippen LogP contribution in [0, 0.1) is 5.92 Å². The van der Waals surface area contributed by atoms with E-state index in [1.54, 1.807) is 18.6 Å². The van der Waals surface area contributed by atoms with Gasteiger partial charge < -0.3 is 26.0 Å². The van der Waals surface area contributed by atoms with Crippen molar-refractivity contribution < 1.29 is 14.9 Å². The first-order chi connectivity index (χ1) is 12.1. The first kappa shape index (κ1) is 19.6. The van der Waals surface area contributed by atoms with Crippen molar-refractivity contribution >= 4 is 5.70 Å². The molecule has 0 aliphatic carbocycles. The summed E-state index contributed by atoms with van der Waals surface area (Å²) in [6.07, 6.45) is 9.28. The van der Waals surface area contributed by atoms with Gasteiger partial charge in [-0.2, -0.15) is 0 Å². The number of unbranched alkanes of at least 4 members (excludes halogenated alkanes) is 2. The second kappa shape index (κ2) is 9.70. The molecular weight excluding hydrogens is 320 g/mol. The van der Waals surface area contributed by atoms with Crippen LogP contribution in [0.5, 0.6) is 0 Å². The van der Waals surface area contributed by atoms with Gasteiger partial charge >= 0.3 is 0 Å². The average Bonchev–Trinajstić information content (AvgIpc) is 2.64. The average molecular weight is 350 g/mol. The molecule has 0 spiro atoms. The maximum absolute atomic E-state index is 10.5. The van der Waals surface area contributed by atoms with Crippen LogP contribution in [0.25, 0.3) is 5.70 Å². The van der Waals surface area contributed by atoms with Gasteiger partial charge in [0, 0.05) is 30.1 Å². The number of aliphatic hydroxyl groups excluding tert-OH is 2. The lowest BCUT2D eigenvalue weighted by Gasteiger charge is -2.44. The summed E-state index contributed by atoms with van der Waals surface area (Å²) in [6.45, 7) is 4.01. The highest BCUT2D eigenvalue weighted by atomic mass is 16.5. The Labute approximate surface area is 149 Å². The van der Waals surface area contributed by atoms with Crippen molar-refractivity contribution in [3.63, 3.8) is 0 Å². The molecule has 7 nitrogen and oxygen atoms in total. The summed E-state index contributed by atoms with van der Waals surface area (Å²) in [5, 5.41) is 23.3. The van der Waals surface area contributed by atoms with Gasteiger partial charge in [-0.25, -0.2) is 9.97 Å². The topological polar surface area (TPSA) is 114 Å². The maximum Gasteiger partial charge on any atom is 0.115 e. The predicted molar refractivity (Wildman–Crippen MR) is 96.2 cm³/mol. The highest BCUT2D eigenvalue weighted by Crippen LogP contribution is 2.29. The van der Waals surface area contributed by atoms with E-state index in [2.05, 4.69) is 29.1 Å². The number of ether oxygens (including phenoxy) is 1. The minimum absolute atomic E-state index is 0.000664. The number of nitrogens with two attached hydrogens (primary N) is 1. The zero-order valence-electron chi connectivity index (χ0n) is 15.0. The number of aliphatic hydroxyl groups is 2. The molecule has 1 aromatic heterocycles. The largest absolute Gasteiger partial charge is 0.397 e. The van der Waals surface area contributed by atoms with Gasteiger partial charge in [0.1, 0.15) is 18.5 Å². The van der Waals surface area contributed by atoms with E-state index >= 15 is 0 Å². The van der Waals surface area contributed by atoms with Crippen LogP contribution in [0.4, 0.5) is 0 Å². The third-order valence-electron chi connectivity index (χ3n) is 4.85. The Morgan fingerprint density at radius 1 is 1.32 bits per heavy atom. The molecule has 0 bridgehead atoms. The molecule has 5 atom stereocenters. The summed E-state index contributed by atoms with van der Waals surface area (Å²) in [6, 6.07) is -0.249. The van der Waals surface area contributed by atoms with E-state index in [-0.39, 0.29) is 24.7 Å². The number of nitrogens with zero attached hydrogens (tertiary/aromatic N) is 2. The first-order valence-corrected chi connectivity index (χ1v) is 8.99. The summed E-state index contributed by atoms with van der Waals surface area (Å²) in [5.41, 5.74) is 7.26. The minimum Gasteiger partial charge on any atom is -0.397 e. The monoisotopic (exact) mass is 350 g/mol. The smallest absolute Gasteiger partial charge is 0.115 e. The van der Waals surface area contributed by atoms with Gasteiger partial charge in [0.2, 0.25) is 0 Å². The third-order valence-corrected chi connectivity index (χ3v) is 4.85. The lowest BCUT2D eigenvalue weighted by atomic mass is 9.84. The highest BCUT2D eigenvalue weighted by molar-refractivity contribution is 5.60. The zero-order chi connectivity index (χ0) is 18.2. The van der Waals surface area contributed by atoms with Crippen molar-refractivity contribution in [2.75, 3.05) is 6.61 Å². The maximum atomic E-state index is 10.5. The predicted octanol–water partition coefficient (Wildman–Crippen LogP) is 1.03. The fourth-order valence-electron chi connectivity index (χ4n) is 3.25. The second-order valence-electron chi connectivity index (χ2n) is 6.66. The van der Waals surface area contributed by atoms with Gasteiger partial charge in [0.15, 0.2) is 0 Å². The fraction of sp³-hybridized carbons (Fsp3) is 0.667. The van der Waals surface area contributed by atoms with Crippen molar-refractivity contribution in [1.82, 2.24) is 15.3 Å². The van der Waals surface area contributed by atoms with Crippen molar-refractivity contribution in [2.24, 2.45) is 11.7 Å². The van der Waals surface area contributed by atoms with E-state index in [0.29, 0.717) is 11.3 Å². The van der Waals surface area contributed by atoms with Gasteiger partial charge in [-0.3, -0.25) is 0 Å². The van der Waals surface area contributed by atoms with E-state index in [1.165, 1.54) is 6.33 Å². The number of hydrogen-bond donors (Lipinski definition) is 4. The molecule has 2 rings (SSSR count). The van der Waals surface area contributed by atoms with Gasteiger partial charge in [-0.15, -0.1) is 0 Å². The molecule has 1 aromatic rings. The molecule has 1 aliphatic heterocycles. The Kier molecular flexibility index (Phi) is 7.61. The van der Waals surface area contributed by atoms with Gasteiger partial charge in [0.25, 0.3) is 0 Å². The van der Waals surface area contributed by atoms with Crippen LogP contribution in [-0.2, 0) is 4.74 Å². The molecule has 0 saturated carbocycles. The SMILES string of the molecule is CCCCCC1OC(CO)C(O)C(N/C=C(\N)c2cncnc2)C1C. The number of nitrogens with one attached hydrogen (secondary N) is 1. The summed E-state index contributed by atoms with van der Waals surface area (Å²) >= 11 is 0. The molecule has 0 aromatic carbocycles. The quantitative estimate of drug-likeness (QED) is 0.518. The first-order valence-electron chi connectivity index (χ1n) is 8.99. The Hall–Kier alpha value is -1.70. The van der Waals surface area contributed by atoms with Crippen molar-refractivity contribution in [3.05, 3.63) is 30.5 Å². The normalized spacial score (nSPS) is 30.2. The van der Waals surface area contributed by atoms with Crippen LogP contribution in [0.15, 0.2) is 24.9 Å². The lowest BCUT2D eigenvalue weighted by Crippen LogP contribution is -2.59. The van der Waals surface area contributed by atoms with Crippen LogP contribution >= 0.6 is 0 Å². The standard InChI is InChI=1S/C18H30N4O3/c1-3-4-5-6-15-12(2)17(18(24)16(10-23)25-15)22-9-14(19)13-7-20-11-21-8-13/h7-9,11-12,15-18,22-24H,3-6,10,19H2,1-2H3/b14-9-. The molecule has 5 unspecified atom stereocenters. The van der Waals surface area contributed by atoms with E-state index in [4.69, 9.17) is 10.5 Å². The highest BCUT2D eigenvalue weighted by Gasteiger charge is 2.41. The molecule has 1 saturated heterocycles. The molecule has 25 heavy (non-hydrogen) atoms. The van der Waals surface area contributed by atoms with Crippen LogP contribution in [0.1, 0.15) is 45.1 Å². The van der Waals surface area contributed by atoms with Crippen molar-refractivity contribution in [3.8, 4) is 0 Å². The van der Waals surface area contributed by atoms with Crippen molar-refractivity contribution in [1.29, 1.82) is 0 Å². The number of hydrogen-bond acceptors (Lipinski definition) is 7. The second-order valence-corrected chi connectivity index (χ2v) is 6.66. The number of aromatic nitrogens is 2. The van der Waals surface area contributed by atoms with Crippen LogP contribution in [0.3, 0.4) is 0 Å². The Bertz CT molecular complexity index is 540. The van der Waals surface area contributed by atoms with E-state index in [9.17, 15) is 10.2 Å². The molecule has 1 fully saturated rings. The van der Waals surface area contributed by atoms with E-state index in [1.807, 2.05) is 0 Å². The summed E-state index contributed by atoms with van der Waals surface area (Å²) in [4.78, 5) is 7.89. The Morgan fingerprint density at radius 2 is 2.04 bits per heavy atom. The Morgan fingerprint density at radius 3 is 2.68 bits per heavy atom. The number of rotatable bonds is 8. The van der Waals surface area contributed by atoms with Crippen LogP contribution < -0.4 is 11.1 Å². The van der Waals surface area contributed by atoms with Crippen molar-refractivity contribution in [2.45, 2.75) is 63.9 Å². The van der Waals surface area contributed by atoms with E-state index in [0.717, 1.165) is 25.7 Å². The fourth-order valence-corrected chi connectivity index (χ4v) is 3.25. The molecule has 5 N–H and O–H groups in total. The third kappa shape index (κ3) is 5.14. The zero-order valence-corrected chi connectivity index (χ0v) is 15.0. The lowest BCUT2D eigenvalue weighted by molar-refractivity contribution is -0.170. The molecule has 0 amide bonds. The molecular formula is C18H30N4O3. The molecule has 0 radical (unpaired) electrons. The minimum atomic E-state index is -0.807. The van der Waals surface area contributed by atoms with E-state index < -0.39 is 12.2 Å². The summed E-state index contributed by atoms with van der Waals surface area (Å²) in [5.74, 6) is 0.0886. The molecule has 2 heterocycles. The molecule has 7 heteroatoms. The molecule has 140 valence electrons. The summed E-state index contributed by atoms with van der Waals surface area (Å²) in [7, 11) is 0. The Balaban J connectivity index is 2.07. The van der Waals surface area contributed by atoms with Gasteiger partial charge in [-0.1, -0.05) is 33.1 Å². The summed E-state index contributed by atoms with van der Waals surface area (Å²) < 4.78 is 5.92. The van der Waals surface area contributed by atoms with Gasteiger partial charge in [-0.05, 0) is 6.42 Å². The molecule has 1 aliphatic rings. The van der Waals surface area contributed by atoms with Crippen LogP contribution in [-0.4, -0.2) is 51.1 Å². The van der Waals surface area contributed by atoms with Crippen LogP contribution in [0.2, 0.25) is 0 Å².